The van der Waals surface area contributed by atoms with E-state index in [0.717, 1.165) is 18.4 Å². The molecule has 2 aromatic rings. The van der Waals surface area contributed by atoms with Gasteiger partial charge in [0.15, 0.2) is 0 Å². The number of aromatic nitrogens is 2. The number of hydrogen-bond donors (Lipinski definition) is 1. The van der Waals surface area contributed by atoms with Gasteiger partial charge in [0.25, 0.3) is 0 Å². The highest BCUT2D eigenvalue weighted by atomic mass is 35.5. The molecule has 1 aromatic carbocycles. The van der Waals surface area contributed by atoms with Gasteiger partial charge in [-0.25, -0.2) is 0 Å². The maximum Gasteiger partial charge on any atom is 0.227 e. The molecule has 4 nitrogen and oxygen atoms in total. The van der Waals surface area contributed by atoms with Gasteiger partial charge in [0, 0.05) is 17.0 Å². The van der Waals surface area contributed by atoms with Gasteiger partial charge >= 0.3 is 0 Å². The highest BCUT2D eigenvalue weighted by molar-refractivity contribution is 6.30. The van der Waals surface area contributed by atoms with Crippen molar-refractivity contribution in [2.24, 2.45) is 11.7 Å². The minimum absolute atomic E-state index is 0.387. The molecule has 96 valence electrons. The maximum absolute atomic E-state index is 5.93. The van der Waals surface area contributed by atoms with Crippen molar-refractivity contribution in [2.75, 3.05) is 6.54 Å². The van der Waals surface area contributed by atoms with Crippen LogP contribution >= 0.6 is 11.6 Å². The summed E-state index contributed by atoms with van der Waals surface area (Å²) in [4.78, 5) is 4.37. The summed E-state index contributed by atoms with van der Waals surface area (Å²) in [6.07, 6.45) is 1.73. The summed E-state index contributed by atoms with van der Waals surface area (Å²) in [6, 6.07) is 7.40. The predicted molar refractivity (Wildman–Crippen MR) is 71.3 cm³/mol. The van der Waals surface area contributed by atoms with Crippen molar-refractivity contribution in [1.82, 2.24) is 10.1 Å². The van der Waals surface area contributed by atoms with E-state index >= 15 is 0 Å². The van der Waals surface area contributed by atoms with E-state index in [0.29, 0.717) is 29.2 Å². The monoisotopic (exact) mass is 265 g/mol. The van der Waals surface area contributed by atoms with Gasteiger partial charge in [0.1, 0.15) is 0 Å². The number of hydrogen-bond acceptors (Lipinski definition) is 4. The quantitative estimate of drug-likeness (QED) is 0.903. The molecular weight excluding hydrogens is 250 g/mol. The van der Waals surface area contributed by atoms with Crippen molar-refractivity contribution in [1.29, 1.82) is 0 Å². The molecule has 1 atom stereocenters. The summed E-state index contributed by atoms with van der Waals surface area (Å²) >= 11 is 5.93. The molecule has 0 aliphatic rings. The number of halogens is 1. The zero-order valence-electron chi connectivity index (χ0n) is 10.3. The highest BCUT2D eigenvalue weighted by Gasteiger charge is 2.13. The fourth-order valence-electron chi connectivity index (χ4n) is 1.72. The second kappa shape index (κ2) is 5.98. The van der Waals surface area contributed by atoms with Crippen LogP contribution in [-0.2, 0) is 6.42 Å². The van der Waals surface area contributed by atoms with Gasteiger partial charge in [0.05, 0.1) is 0 Å². The summed E-state index contributed by atoms with van der Waals surface area (Å²) in [5.41, 5.74) is 6.52. The third-order valence-electron chi connectivity index (χ3n) is 2.92. The first-order chi connectivity index (χ1) is 8.72. The molecule has 0 saturated carbocycles. The predicted octanol–water partition coefficient (Wildman–Crippen LogP) is 2.92. The fourth-order valence-corrected chi connectivity index (χ4v) is 1.91. The molecule has 1 aromatic heterocycles. The molecule has 0 radical (unpaired) electrons. The average molecular weight is 266 g/mol. The van der Waals surface area contributed by atoms with E-state index in [1.165, 1.54) is 0 Å². The molecule has 0 aliphatic carbocycles. The SMILES string of the molecule is CCC(CN)Cc1nc(-c2cccc(Cl)c2)no1. The summed E-state index contributed by atoms with van der Waals surface area (Å²) in [6.45, 7) is 2.73. The van der Waals surface area contributed by atoms with Crippen LogP contribution in [0.1, 0.15) is 19.2 Å². The molecule has 1 heterocycles. The van der Waals surface area contributed by atoms with E-state index in [2.05, 4.69) is 17.1 Å². The normalized spacial score (nSPS) is 12.6. The molecule has 0 fully saturated rings. The molecule has 0 amide bonds. The van der Waals surface area contributed by atoms with Gasteiger partial charge in [-0.2, -0.15) is 4.98 Å². The molecular formula is C13H16ClN3O. The lowest BCUT2D eigenvalue weighted by Gasteiger charge is -2.07. The first-order valence-corrected chi connectivity index (χ1v) is 6.39. The lowest BCUT2D eigenvalue weighted by molar-refractivity contribution is 0.350. The van der Waals surface area contributed by atoms with Crippen LogP contribution in [0.4, 0.5) is 0 Å². The lowest BCUT2D eigenvalue weighted by Crippen LogP contribution is -2.15. The summed E-state index contributed by atoms with van der Waals surface area (Å²) in [5, 5.41) is 4.62. The lowest BCUT2D eigenvalue weighted by atomic mass is 10.0. The van der Waals surface area contributed by atoms with Crippen molar-refractivity contribution in [3.8, 4) is 11.4 Å². The van der Waals surface area contributed by atoms with E-state index in [1.54, 1.807) is 0 Å². The molecule has 18 heavy (non-hydrogen) atoms. The van der Waals surface area contributed by atoms with E-state index in [4.69, 9.17) is 21.9 Å². The van der Waals surface area contributed by atoms with Crippen molar-refractivity contribution in [3.05, 3.63) is 35.2 Å². The van der Waals surface area contributed by atoms with Crippen molar-refractivity contribution >= 4 is 11.6 Å². The smallest absolute Gasteiger partial charge is 0.227 e. The number of nitrogens with zero attached hydrogens (tertiary/aromatic N) is 2. The molecule has 2 rings (SSSR count). The van der Waals surface area contributed by atoms with Crippen molar-refractivity contribution in [3.63, 3.8) is 0 Å². The van der Waals surface area contributed by atoms with E-state index in [9.17, 15) is 0 Å². The van der Waals surface area contributed by atoms with Crippen LogP contribution in [0, 0.1) is 5.92 Å². The van der Waals surface area contributed by atoms with Gasteiger partial charge in [-0.15, -0.1) is 0 Å². The largest absolute Gasteiger partial charge is 0.339 e. The van der Waals surface area contributed by atoms with Gasteiger partial charge in [-0.1, -0.05) is 42.2 Å². The zero-order valence-corrected chi connectivity index (χ0v) is 11.0. The Morgan fingerprint density at radius 3 is 2.94 bits per heavy atom. The molecule has 2 N–H and O–H groups in total. The van der Waals surface area contributed by atoms with Crippen LogP contribution < -0.4 is 5.73 Å². The van der Waals surface area contributed by atoms with Crippen LogP contribution in [0.5, 0.6) is 0 Å². The molecule has 0 bridgehead atoms. The Morgan fingerprint density at radius 2 is 2.28 bits per heavy atom. The Morgan fingerprint density at radius 1 is 1.44 bits per heavy atom. The van der Waals surface area contributed by atoms with Crippen LogP contribution in [0.25, 0.3) is 11.4 Å². The van der Waals surface area contributed by atoms with E-state index in [1.807, 2.05) is 24.3 Å². The third-order valence-corrected chi connectivity index (χ3v) is 3.16. The second-order valence-electron chi connectivity index (χ2n) is 4.24. The van der Waals surface area contributed by atoms with Gasteiger partial charge in [-0.3, -0.25) is 0 Å². The molecule has 0 spiro atoms. The standard InChI is InChI=1S/C13H16ClN3O/c1-2-9(8-15)6-12-16-13(17-18-12)10-4-3-5-11(14)7-10/h3-5,7,9H,2,6,8,15H2,1H3. The summed E-state index contributed by atoms with van der Waals surface area (Å²) in [5.74, 6) is 1.58. The third kappa shape index (κ3) is 3.09. The van der Waals surface area contributed by atoms with Crippen LogP contribution in [-0.4, -0.2) is 16.7 Å². The fraction of sp³-hybridized carbons (Fsp3) is 0.385. The topological polar surface area (TPSA) is 64.9 Å². The maximum atomic E-state index is 5.93. The molecule has 5 heteroatoms. The minimum Gasteiger partial charge on any atom is -0.339 e. The van der Waals surface area contributed by atoms with E-state index in [-0.39, 0.29) is 0 Å². The zero-order chi connectivity index (χ0) is 13.0. The number of benzene rings is 1. The van der Waals surface area contributed by atoms with E-state index < -0.39 is 0 Å². The molecule has 0 aliphatic heterocycles. The minimum atomic E-state index is 0.387. The molecule has 1 unspecified atom stereocenters. The van der Waals surface area contributed by atoms with Gasteiger partial charge < -0.3 is 10.3 Å². The Hall–Kier alpha value is -1.39. The Labute approximate surface area is 111 Å². The number of nitrogens with two attached hydrogens (primary N) is 1. The first kappa shape index (κ1) is 13.1. The second-order valence-corrected chi connectivity index (χ2v) is 4.67. The summed E-state index contributed by atoms with van der Waals surface area (Å²) < 4.78 is 5.23. The Kier molecular flexibility index (Phi) is 4.33. The average Bonchev–Trinajstić information content (AvgIpc) is 2.84. The van der Waals surface area contributed by atoms with Crippen LogP contribution in [0.2, 0.25) is 5.02 Å². The molecule has 0 saturated heterocycles. The summed E-state index contributed by atoms with van der Waals surface area (Å²) in [7, 11) is 0. The Balaban J connectivity index is 2.15. The van der Waals surface area contributed by atoms with Crippen molar-refractivity contribution in [2.45, 2.75) is 19.8 Å². The van der Waals surface area contributed by atoms with Crippen LogP contribution in [0.3, 0.4) is 0 Å². The highest BCUT2D eigenvalue weighted by Crippen LogP contribution is 2.20. The Bertz CT molecular complexity index is 508. The van der Waals surface area contributed by atoms with Crippen LogP contribution in [0.15, 0.2) is 28.8 Å². The van der Waals surface area contributed by atoms with Gasteiger partial charge in [0.2, 0.25) is 11.7 Å². The van der Waals surface area contributed by atoms with Crippen molar-refractivity contribution < 1.29 is 4.52 Å². The number of rotatable bonds is 5. The van der Waals surface area contributed by atoms with Gasteiger partial charge in [-0.05, 0) is 24.6 Å². The first-order valence-electron chi connectivity index (χ1n) is 6.01.